The molecule has 154 valence electrons. The summed E-state index contributed by atoms with van der Waals surface area (Å²) in [6.07, 6.45) is 0. The summed E-state index contributed by atoms with van der Waals surface area (Å²) in [6, 6.07) is 15.7. The molecule has 0 amide bonds. The highest BCUT2D eigenvalue weighted by molar-refractivity contribution is 5.86. The van der Waals surface area contributed by atoms with E-state index in [1.165, 1.54) is 0 Å². The van der Waals surface area contributed by atoms with Crippen LogP contribution in [0.5, 0.6) is 5.75 Å². The van der Waals surface area contributed by atoms with Crippen molar-refractivity contribution in [2.45, 2.75) is 20.1 Å². The molecule has 0 atom stereocenters. The summed E-state index contributed by atoms with van der Waals surface area (Å²) in [5, 5.41) is 21.7. The molecule has 7 heteroatoms. The van der Waals surface area contributed by atoms with Gasteiger partial charge in [-0.25, -0.2) is 4.98 Å². The number of para-hydroxylation sites is 1. The van der Waals surface area contributed by atoms with Crippen LogP contribution in [0, 0.1) is 6.92 Å². The number of aliphatic hydroxyl groups is 1. The number of aromatic nitrogens is 3. The highest BCUT2D eigenvalue weighted by Crippen LogP contribution is 2.34. The number of aryl methyl sites for hydroxylation is 1. The average molecular weight is 404 g/mol. The van der Waals surface area contributed by atoms with Crippen LogP contribution in [0.2, 0.25) is 0 Å². The molecular weight excluding hydrogens is 380 g/mol. The van der Waals surface area contributed by atoms with Gasteiger partial charge in [0.25, 0.3) is 0 Å². The minimum Gasteiger partial charge on any atom is -0.497 e. The van der Waals surface area contributed by atoms with Crippen molar-refractivity contribution in [1.82, 2.24) is 15.2 Å². The highest BCUT2D eigenvalue weighted by atomic mass is 16.5. The number of H-pyrrole nitrogens is 1. The lowest BCUT2D eigenvalue weighted by Crippen LogP contribution is -2.02. The summed E-state index contributed by atoms with van der Waals surface area (Å²) in [5.41, 5.74) is 5.34. The van der Waals surface area contributed by atoms with Crippen molar-refractivity contribution in [3.63, 3.8) is 0 Å². The molecule has 0 aliphatic carbocycles. The Hall–Kier alpha value is -3.42. The molecule has 4 aromatic rings. The zero-order valence-corrected chi connectivity index (χ0v) is 17.2. The van der Waals surface area contributed by atoms with Crippen LogP contribution in [0.3, 0.4) is 0 Å². The molecule has 0 spiro atoms. The number of rotatable bonds is 7. The fraction of sp³-hybridized carbons (Fsp3) is 0.217. The third-order valence-electron chi connectivity index (χ3n) is 5.04. The summed E-state index contributed by atoms with van der Waals surface area (Å²) in [4.78, 5) is 4.78. The Morgan fingerprint density at radius 3 is 2.57 bits per heavy atom. The van der Waals surface area contributed by atoms with Gasteiger partial charge in [0.05, 0.1) is 31.5 Å². The second kappa shape index (κ2) is 8.52. The molecule has 3 N–H and O–H groups in total. The lowest BCUT2D eigenvalue weighted by Gasteiger charge is -2.13. The maximum absolute atomic E-state index is 9.92. The molecule has 0 saturated heterocycles. The first-order valence-corrected chi connectivity index (χ1v) is 9.62. The Kier molecular flexibility index (Phi) is 5.65. The van der Waals surface area contributed by atoms with Crippen molar-refractivity contribution in [3.8, 4) is 16.9 Å². The van der Waals surface area contributed by atoms with Gasteiger partial charge in [-0.2, -0.15) is 5.10 Å². The molecule has 0 saturated carbocycles. The summed E-state index contributed by atoms with van der Waals surface area (Å²) < 4.78 is 10.6. The molecule has 2 aromatic heterocycles. The summed E-state index contributed by atoms with van der Waals surface area (Å²) in [6.45, 7) is 2.27. The zero-order chi connectivity index (χ0) is 21.1. The van der Waals surface area contributed by atoms with Crippen LogP contribution in [0.15, 0.2) is 48.5 Å². The zero-order valence-electron chi connectivity index (χ0n) is 17.2. The molecule has 30 heavy (non-hydrogen) atoms. The Labute approximate surface area is 174 Å². The first-order chi connectivity index (χ1) is 14.6. The number of nitrogens with one attached hydrogen (secondary N) is 2. The van der Waals surface area contributed by atoms with Crippen LogP contribution in [0.25, 0.3) is 22.0 Å². The lowest BCUT2D eigenvalue weighted by atomic mass is 10.0. The highest BCUT2D eigenvalue weighted by Gasteiger charge is 2.18. The van der Waals surface area contributed by atoms with Crippen LogP contribution in [-0.4, -0.2) is 34.5 Å². The Balaban J connectivity index is 1.80. The molecule has 0 unspecified atom stereocenters. The fourth-order valence-corrected chi connectivity index (χ4v) is 3.52. The average Bonchev–Trinajstić information content (AvgIpc) is 3.16. The summed E-state index contributed by atoms with van der Waals surface area (Å²) in [7, 11) is 3.28. The van der Waals surface area contributed by atoms with Crippen molar-refractivity contribution in [2.24, 2.45) is 0 Å². The Bertz CT molecular complexity index is 1170. The first-order valence-electron chi connectivity index (χ1n) is 9.62. The fourth-order valence-electron chi connectivity index (χ4n) is 3.52. The maximum Gasteiger partial charge on any atom is 0.161 e. The number of aliphatic hydroxyl groups excluding tert-OH is 1. The maximum atomic E-state index is 9.92. The van der Waals surface area contributed by atoms with E-state index in [1.807, 2.05) is 55.5 Å². The van der Waals surface area contributed by atoms with E-state index in [0.717, 1.165) is 39.0 Å². The van der Waals surface area contributed by atoms with Gasteiger partial charge in [0.2, 0.25) is 0 Å². The van der Waals surface area contributed by atoms with E-state index in [4.69, 9.17) is 14.5 Å². The van der Waals surface area contributed by atoms with E-state index < -0.39 is 0 Å². The third kappa shape index (κ3) is 3.72. The quantitative estimate of drug-likeness (QED) is 0.425. The molecule has 2 heterocycles. The van der Waals surface area contributed by atoms with Crippen molar-refractivity contribution >= 4 is 22.5 Å². The van der Waals surface area contributed by atoms with Crippen molar-refractivity contribution in [1.29, 1.82) is 0 Å². The van der Waals surface area contributed by atoms with E-state index in [0.29, 0.717) is 23.8 Å². The van der Waals surface area contributed by atoms with Gasteiger partial charge in [0.1, 0.15) is 11.6 Å². The Morgan fingerprint density at radius 1 is 1.07 bits per heavy atom. The molecule has 0 fully saturated rings. The molecular formula is C23H24N4O3. The number of fused-ring (bicyclic) bond motifs is 1. The number of aromatic amines is 1. The van der Waals surface area contributed by atoms with Gasteiger partial charge in [0, 0.05) is 23.6 Å². The minimum absolute atomic E-state index is 0.133. The molecule has 0 aliphatic rings. The predicted molar refractivity (Wildman–Crippen MR) is 117 cm³/mol. The molecule has 0 bridgehead atoms. The molecule has 7 nitrogen and oxygen atoms in total. The van der Waals surface area contributed by atoms with Crippen LogP contribution in [0.1, 0.15) is 16.8 Å². The number of pyridine rings is 1. The van der Waals surface area contributed by atoms with E-state index in [1.54, 1.807) is 14.2 Å². The minimum atomic E-state index is -0.133. The molecule has 0 aliphatic heterocycles. The van der Waals surface area contributed by atoms with Gasteiger partial charge in [0.15, 0.2) is 5.82 Å². The van der Waals surface area contributed by atoms with Gasteiger partial charge in [-0.15, -0.1) is 0 Å². The Morgan fingerprint density at radius 2 is 1.87 bits per heavy atom. The smallest absolute Gasteiger partial charge is 0.161 e. The largest absolute Gasteiger partial charge is 0.497 e. The first kappa shape index (κ1) is 19.9. The van der Waals surface area contributed by atoms with Crippen LogP contribution in [-0.2, 0) is 18.0 Å². The lowest BCUT2D eigenvalue weighted by molar-refractivity contribution is 0.182. The van der Waals surface area contributed by atoms with Crippen molar-refractivity contribution in [3.05, 3.63) is 65.4 Å². The second-order valence-electron chi connectivity index (χ2n) is 7.01. The standard InChI is InChI=1S/C23H24N4O3/c1-14-5-4-6-16-11-17(12-28)22(24-21(14)16)25-23-20(19(13-29-2)26-27-23)15-7-9-18(30-3)10-8-15/h4-11,28H,12-13H2,1-3H3,(H2,24,25,26,27). The number of benzene rings is 2. The third-order valence-corrected chi connectivity index (χ3v) is 5.04. The van der Waals surface area contributed by atoms with E-state index in [-0.39, 0.29) is 6.61 Å². The number of nitrogens with zero attached hydrogens (tertiary/aromatic N) is 2. The van der Waals surface area contributed by atoms with Crippen LogP contribution >= 0.6 is 0 Å². The summed E-state index contributed by atoms with van der Waals surface area (Å²) >= 11 is 0. The number of hydrogen-bond acceptors (Lipinski definition) is 6. The van der Waals surface area contributed by atoms with Crippen molar-refractivity contribution < 1.29 is 14.6 Å². The monoisotopic (exact) mass is 404 g/mol. The predicted octanol–water partition coefficient (Wildman–Crippen LogP) is 4.32. The van der Waals surface area contributed by atoms with Crippen LogP contribution < -0.4 is 10.1 Å². The number of anilines is 2. The van der Waals surface area contributed by atoms with Gasteiger partial charge in [-0.3, -0.25) is 5.10 Å². The van der Waals surface area contributed by atoms with Gasteiger partial charge < -0.3 is 19.9 Å². The number of hydrogen-bond donors (Lipinski definition) is 3. The van der Waals surface area contributed by atoms with Gasteiger partial charge in [-0.1, -0.05) is 30.3 Å². The van der Waals surface area contributed by atoms with Crippen LogP contribution in [0.4, 0.5) is 11.6 Å². The molecule has 0 radical (unpaired) electrons. The van der Waals surface area contributed by atoms with Gasteiger partial charge in [-0.05, 0) is 36.2 Å². The second-order valence-corrected chi connectivity index (χ2v) is 7.01. The topological polar surface area (TPSA) is 92.3 Å². The molecule has 4 rings (SSSR count). The number of ether oxygens (including phenoxy) is 2. The summed E-state index contributed by atoms with van der Waals surface area (Å²) in [5.74, 6) is 1.96. The van der Waals surface area contributed by atoms with Crippen molar-refractivity contribution in [2.75, 3.05) is 19.5 Å². The van der Waals surface area contributed by atoms with E-state index in [2.05, 4.69) is 15.5 Å². The number of methoxy groups -OCH3 is 2. The van der Waals surface area contributed by atoms with E-state index in [9.17, 15) is 5.11 Å². The molecule has 2 aromatic carbocycles. The van der Waals surface area contributed by atoms with E-state index >= 15 is 0 Å². The van der Waals surface area contributed by atoms with Gasteiger partial charge >= 0.3 is 0 Å². The SMILES string of the molecule is COCc1[nH]nc(Nc2nc3c(C)cccc3cc2CO)c1-c1ccc(OC)cc1. The normalized spacial score (nSPS) is 11.1.